The summed E-state index contributed by atoms with van der Waals surface area (Å²) in [7, 11) is 1.47. The van der Waals surface area contributed by atoms with Gasteiger partial charge in [-0.1, -0.05) is 30.3 Å². The summed E-state index contributed by atoms with van der Waals surface area (Å²) in [6.07, 6.45) is 0. The second-order valence-corrected chi connectivity index (χ2v) is 6.43. The van der Waals surface area contributed by atoms with Crippen LogP contribution in [0.1, 0.15) is 21.7 Å². The van der Waals surface area contributed by atoms with Crippen LogP contribution in [0.15, 0.2) is 47.3 Å². The first-order valence-electron chi connectivity index (χ1n) is 8.86. The Morgan fingerprint density at radius 3 is 2.52 bits per heavy atom. The molecule has 0 unspecified atom stereocenters. The SMILES string of the molecule is COc1ccc(NC(=O)c2c(C)nc3c(-c4ccccc4)c(C)[nH]n3c2=O)nn1. The minimum atomic E-state index is -0.609. The van der Waals surface area contributed by atoms with Gasteiger partial charge in [-0.05, 0) is 25.5 Å². The fraction of sp³-hybridized carbons (Fsp3) is 0.150. The molecule has 0 aliphatic rings. The van der Waals surface area contributed by atoms with Crippen molar-refractivity contribution in [3.8, 4) is 17.0 Å². The normalized spacial score (nSPS) is 10.9. The van der Waals surface area contributed by atoms with Crippen LogP contribution < -0.4 is 15.6 Å². The molecule has 0 spiro atoms. The highest BCUT2D eigenvalue weighted by Crippen LogP contribution is 2.26. The monoisotopic (exact) mass is 390 g/mol. The molecule has 0 radical (unpaired) electrons. The van der Waals surface area contributed by atoms with Crippen LogP contribution in [0.4, 0.5) is 5.82 Å². The number of anilines is 1. The fourth-order valence-electron chi connectivity index (χ4n) is 3.18. The molecule has 146 valence electrons. The Balaban J connectivity index is 1.78. The van der Waals surface area contributed by atoms with E-state index in [4.69, 9.17) is 4.74 Å². The van der Waals surface area contributed by atoms with E-state index in [0.717, 1.165) is 16.8 Å². The molecule has 4 rings (SSSR count). The predicted molar refractivity (Wildman–Crippen MR) is 107 cm³/mol. The molecule has 3 heterocycles. The molecule has 0 fully saturated rings. The zero-order valence-corrected chi connectivity index (χ0v) is 16.1. The first-order chi connectivity index (χ1) is 14.0. The van der Waals surface area contributed by atoms with Crippen LogP contribution >= 0.6 is 0 Å². The molecule has 0 aliphatic carbocycles. The summed E-state index contributed by atoms with van der Waals surface area (Å²) >= 11 is 0. The lowest BCUT2D eigenvalue weighted by Gasteiger charge is -2.07. The number of nitrogens with one attached hydrogen (secondary N) is 2. The van der Waals surface area contributed by atoms with Crippen molar-refractivity contribution in [1.29, 1.82) is 0 Å². The van der Waals surface area contributed by atoms with Crippen molar-refractivity contribution in [1.82, 2.24) is 24.8 Å². The summed E-state index contributed by atoms with van der Waals surface area (Å²) in [4.78, 5) is 30.3. The molecule has 0 saturated heterocycles. The van der Waals surface area contributed by atoms with Crippen LogP contribution in [0.25, 0.3) is 16.8 Å². The summed E-state index contributed by atoms with van der Waals surface area (Å²) in [5, 5.41) is 13.2. The number of fused-ring (bicyclic) bond motifs is 1. The maximum Gasteiger partial charge on any atom is 0.285 e. The van der Waals surface area contributed by atoms with E-state index in [1.165, 1.54) is 17.7 Å². The highest BCUT2D eigenvalue weighted by molar-refractivity contribution is 6.04. The van der Waals surface area contributed by atoms with Gasteiger partial charge in [-0.2, -0.15) is 0 Å². The zero-order chi connectivity index (χ0) is 20.5. The summed E-state index contributed by atoms with van der Waals surface area (Å²) in [5.41, 5.74) is 2.76. The largest absolute Gasteiger partial charge is 0.480 e. The Kier molecular flexibility index (Phi) is 4.55. The van der Waals surface area contributed by atoms with Crippen LogP contribution in [0.5, 0.6) is 5.88 Å². The van der Waals surface area contributed by atoms with Crippen molar-refractivity contribution in [2.45, 2.75) is 13.8 Å². The van der Waals surface area contributed by atoms with E-state index in [9.17, 15) is 9.59 Å². The Hall–Kier alpha value is -4.01. The first kappa shape index (κ1) is 18.4. The summed E-state index contributed by atoms with van der Waals surface area (Å²) in [5.74, 6) is -0.0904. The number of aromatic amines is 1. The van der Waals surface area contributed by atoms with Crippen LogP contribution in [0.3, 0.4) is 0 Å². The molecule has 9 heteroatoms. The third-order valence-corrected chi connectivity index (χ3v) is 4.52. The number of methoxy groups -OCH3 is 1. The van der Waals surface area contributed by atoms with Gasteiger partial charge in [0.05, 0.1) is 12.8 Å². The molecule has 1 aromatic carbocycles. The lowest BCUT2D eigenvalue weighted by molar-refractivity contribution is 0.102. The van der Waals surface area contributed by atoms with Crippen molar-refractivity contribution >= 4 is 17.4 Å². The van der Waals surface area contributed by atoms with E-state index in [1.807, 2.05) is 37.3 Å². The van der Waals surface area contributed by atoms with Gasteiger partial charge in [-0.25, -0.2) is 9.50 Å². The number of carbonyl (C=O) groups is 1. The molecule has 4 aromatic rings. The lowest BCUT2D eigenvalue weighted by Crippen LogP contribution is -2.29. The third kappa shape index (κ3) is 3.22. The van der Waals surface area contributed by atoms with E-state index in [1.54, 1.807) is 13.0 Å². The quantitative estimate of drug-likeness (QED) is 0.553. The van der Waals surface area contributed by atoms with Crippen molar-refractivity contribution in [2.75, 3.05) is 12.4 Å². The van der Waals surface area contributed by atoms with E-state index in [0.29, 0.717) is 17.2 Å². The van der Waals surface area contributed by atoms with Gasteiger partial charge in [0, 0.05) is 17.3 Å². The number of amides is 1. The van der Waals surface area contributed by atoms with Crippen LogP contribution in [-0.2, 0) is 0 Å². The molecular formula is C20H18N6O3. The Bertz CT molecular complexity index is 1260. The number of H-pyrrole nitrogens is 1. The van der Waals surface area contributed by atoms with E-state index in [-0.39, 0.29) is 11.4 Å². The predicted octanol–water partition coefficient (Wildman–Crippen LogP) is 2.36. The first-order valence-corrected chi connectivity index (χ1v) is 8.86. The van der Waals surface area contributed by atoms with Gasteiger partial charge < -0.3 is 10.1 Å². The number of aryl methyl sites for hydroxylation is 2. The third-order valence-electron chi connectivity index (χ3n) is 4.52. The summed E-state index contributed by atoms with van der Waals surface area (Å²) in [6, 6.07) is 12.7. The molecule has 1 amide bonds. The van der Waals surface area contributed by atoms with Gasteiger partial charge in [0.2, 0.25) is 5.88 Å². The maximum atomic E-state index is 13.1. The van der Waals surface area contributed by atoms with Crippen molar-refractivity contribution < 1.29 is 9.53 Å². The number of rotatable bonds is 4. The van der Waals surface area contributed by atoms with Crippen LogP contribution in [0, 0.1) is 13.8 Å². The number of ether oxygens (including phenoxy) is 1. The number of carbonyl (C=O) groups excluding carboxylic acids is 1. The van der Waals surface area contributed by atoms with Crippen LogP contribution in [-0.4, -0.2) is 37.8 Å². The second kappa shape index (κ2) is 7.19. The maximum absolute atomic E-state index is 13.1. The minimum absolute atomic E-state index is 0.0685. The van der Waals surface area contributed by atoms with Crippen molar-refractivity contribution in [3.63, 3.8) is 0 Å². The van der Waals surface area contributed by atoms with Gasteiger partial charge in [0.1, 0.15) is 5.56 Å². The number of hydrogen-bond acceptors (Lipinski definition) is 6. The summed E-state index contributed by atoms with van der Waals surface area (Å²) < 4.78 is 6.23. The molecule has 0 saturated carbocycles. The second-order valence-electron chi connectivity index (χ2n) is 6.43. The lowest BCUT2D eigenvalue weighted by atomic mass is 10.1. The van der Waals surface area contributed by atoms with Crippen LogP contribution in [0.2, 0.25) is 0 Å². The van der Waals surface area contributed by atoms with Crippen molar-refractivity contribution in [2.24, 2.45) is 0 Å². The summed E-state index contributed by atoms with van der Waals surface area (Å²) in [6.45, 7) is 3.49. The van der Waals surface area contributed by atoms with Crippen molar-refractivity contribution in [3.05, 3.63) is 69.8 Å². The van der Waals surface area contributed by atoms with Gasteiger partial charge >= 0.3 is 0 Å². The van der Waals surface area contributed by atoms with E-state index >= 15 is 0 Å². The molecule has 9 nitrogen and oxygen atoms in total. The number of benzene rings is 1. The van der Waals surface area contributed by atoms with Gasteiger partial charge in [0.25, 0.3) is 11.5 Å². The molecule has 2 N–H and O–H groups in total. The molecule has 29 heavy (non-hydrogen) atoms. The highest BCUT2D eigenvalue weighted by Gasteiger charge is 2.22. The molecule has 0 aliphatic heterocycles. The molecular weight excluding hydrogens is 372 g/mol. The Morgan fingerprint density at radius 2 is 1.86 bits per heavy atom. The topological polar surface area (TPSA) is 114 Å². The average molecular weight is 390 g/mol. The fourth-order valence-corrected chi connectivity index (χ4v) is 3.18. The van der Waals surface area contributed by atoms with Gasteiger partial charge in [0.15, 0.2) is 11.5 Å². The average Bonchev–Trinajstić information content (AvgIpc) is 3.05. The molecule has 3 aromatic heterocycles. The highest BCUT2D eigenvalue weighted by atomic mass is 16.5. The Morgan fingerprint density at radius 1 is 1.10 bits per heavy atom. The number of hydrogen-bond donors (Lipinski definition) is 2. The zero-order valence-electron chi connectivity index (χ0n) is 16.1. The minimum Gasteiger partial charge on any atom is -0.480 e. The van der Waals surface area contributed by atoms with Gasteiger partial charge in [-0.3, -0.25) is 14.7 Å². The molecule has 0 bridgehead atoms. The molecule has 0 atom stereocenters. The van der Waals surface area contributed by atoms with E-state index in [2.05, 4.69) is 25.6 Å². The number of nitrogens with zero attached hydrogens (tertiary/aromatic N) is 4. The standard InChI is InChI=1S/C20H18N6O3/c1-11-17(19(27)22-14-9-10-15(29-3)24-23-14)20(28)26-18(21-11)16(12(2)25-26)13-7-5-4-6-8-13/h4-10,25H,1-3H3,(H,22,23,27). The van der Waals surface area contributed by atoms with Gasteiger partial charge in [-0.15, -0.1) is 10.2 Å². The Labute approximate surface area is 165 Å². The van der Waals surface area contributed by atoms with E-state index < -0.39 is 11.5 Å². The number of aromatic nitrogens is 5. The smallest absolute Gasteiger partial charge is 0.285 e.